The number of rotatable bonds is 9. The van der Waals surface area contributed by atoms with Gasteiger partial charge in [0.2, 0.25) is 11.8 Å². The number of hydrogen-bond donors (Lipinski definition) is 4. The Labute approximate surface area is 192 Å². The van der Waals surface area contributed by atoms with Crippen LogP contribution in [0.4, 0.5) is 0 Å². The molecule has 0 heterocycles. The van der Waals surface area contributed by atoms with Gasteiger partial charge < -0.3 is 20.8 Å². The number of aliphatic carboxylic acids is 2. The average Bonchev–Trinajstić information content (AvgIpc) is 2.83. The summed E-state index contributed by atoms with van der Waals surface area (Å²) in [5, 5.41) is 24.4. The highest BCUT2D eigenvalue weighted by Crippen LogP contribution is 2.34. The van der Waals surface area contributed by atoms with Gasteiger partial charge in [0.05, 0.1) is 11.8 Å². The molecule has 8 nitrogen and oxygen atoms in total. The average molecular weight is 453 g/mol. The summed E-state index contributed by atoms with van der Waals surface area (Å²) in [4.78, 5) is 49.0. The minimum absolute atomic E-state index is 0.000543. The summed E-state index contributed by atoms with van der Waals surface area (Å²) >= 11 is 0. The summed E-state index contributed by atoms with van der Waals surface area (Å²) in [6.07, 6.45) is 0.355. The molecule has 4 atom stereocenters. The van der Waals surface area contributed by atoms with E-state index in [1.165, 1.54) is 0 Å². The van der Waals surface area contributed by atoms with Gasteiger partial charge in [0, 0.05) is 18.9 Å². The van der Waals surface area contributed by atoms with Gasteiger partial charge in [-0.2, -0.15) is 0 Å². The standard InChI is InChI=1S/C25H28N2O6/c28-22(18-12-19(24(30)31)14-20(13-18)25(32)33)27-21(11-16-7-3-1-4-8-16)23(29)26-15-17-9-5-2-6-10-17/h1-10,18-21H,11-15H2,(H,26,29)(H,27,28)(H,30,31)(H,32,33)/t18-,19+,20-,21-/m0/s1. The second-order valence-corrected chi connectivity index (χ2v) is 8.43. The van der Waals surface area contributed by atoms with Crippen molar-refractivity contribution < 1.29 is 29.4 Å². The van der Waals surface area contributed by atoms with Crippen molar-refractivity contribution in [3.05, 3.63) is 71.8 Å². The highest BCUT2D eigenvalue weighted by atomic mass is 16.4. The molecule has 2 amide bonds. The number of benzene rings is 2. The number of hydrogen-bond acceptors (Lipinski definition) is 4. The Kier molecular flexibility index (Phi) is 8.18. The molecule has 1 fully saturated rings. The maximum absolute atomic E-state index is 13.0. The molecule has 0 aromatic heterocycles. The fourth-order valence-corrected chi connectivity index (χ4v) is 4.19. The van der Waals surface area contributed by atoms with E-state index in [2.05, 4.69) is 10.6 Å². The van der Waals surface area contributed by atoms with Crippen molar-refractivity contribution in [2.24, 2.45) is 17.8 Å². The van der Waals surface area contributed by atoms with E-state index in [1.54, 1.807) is 0 Å². The van der Waals surface area contributed by atoms with Crippen LogP contribution in [0.5, 0.6) is 0 Å². The van der Waals surface area contributed by atoms with Crippen LogP contribution in [0.2, 0.25) is 0 Å². The summed E-state index contributed by atoms with van der Waals surface area (Å²) in [5.74, 6) is -5.69. The van der Waals surface area contributed by atoms with E-state index >= 15 is 0 Å². The molecule has 4 N–H and O–H groups in total. The van der Waals surface area contributed by atoms with Crippen molar-refractivity contribution in [3.63, 3.8) is 0 Å². The molecule has 174 valence electrons. The van der Waals surface area contributed by atoms with Gasteiger partial charge in [0.25, 0.3) is 0 Å². The topological polar surface area (TPSA) is 133 Å². The molecular weight excluding hydrogens is 424 g/mol. The van der Waals surface area contributed by atoms with Gasteiger partial charge in [-0.05, 0) is 30.4 Å². The third-order valence-corrected chi connectivity index (χ3v) is 6.00. The molecule has 2 aromatic carbocycles. The predicted molar refractivity (Wildman–Crippen MR) is 120 cm³/mol. The van der Waals surface area contributed by atoms with Crippen molar-refractivity contribution >= 4 is 23.8 Å². The van der Waals surface area contributed by atoms with Gasteiger partial charge in [0.15, 0.2) is 0 Å². The van der Waals surface area contributed by atoms with Gasteiger partial charge in [-0.25, -0.2) is 0 Å². The minimum atomic E-state index is -1.11. The zero-order chi connectivity index (χ0) is 23.8. The van der Waals surface area contributed by atoms with Gasteiger partial charge in [-0.3, -0.25) is 19.2 Å². The molecule has 3 rings (SSSR count). The number of carbonyl (C=O) groups excluding carboxylic acids is 2. The lowest BCUT2D eigenvalue weighted by Crippen LogP contribution is -2.50. The molecule has 0 unspecified atom stereocenters. The Hall–Kier alpha value is -3.68. The first-order chi connectivity index (χ1) is 15.8. The van der Waals surface area contributed by atoms with Crippen molar-refractivity contribution in [1.82, 2.24) is 10.6 Å². The third kappa shape index (κ3) is 6.90. The third-order valence-electron chi connectivity index (χ3n) is 6.00. The minimum Gasteiger partial charge on any atom is -0.481 e. The maximum atomic E-state index is 13.0. The Morgan fingerprint density at radius 2 is 1.24 bits per heavy atom. The molecule has 0 spiro atoms. The summed E-state index contributed by atoms with van der Waals surface area (Å²) < 4.78 is 0. The van der Waals surface area contributed by atoms with Crippen LogP contribution in [-0.4, -0.2) is 40.0 Å². The summed E-state index contributed by atoms with van der Waals surface area (Å²) in [6.45, 7) is 0.298. The number of amides is 2. The molecule has 0 bridgehead atoms. The van der Waals surface area contributed by atoms with Gasteiger partial charge >= 0.3 is 11.9 Å². The monoisotopic (exact) mass is 452 g/mol. The van der Waals surface area contributed by atoms with Crippen LogP contribution in [0, 0.1) is 17.8 Å². The van der Waals surface area contributed by atoms with Crippen molar-refractivity contribution in [2.75, 3.05) is 0 Å². The van der Waals surface area contributed by atoms with Crippen molar-refractivity contribution in [3.8, 4) is 0 Å². The second-order valence-electron chi connectivity index (χ2n) is 8.43. The lowest BCUT2D eigenvalue weighted by molar-refractivity contribution is -0.150. The smallest absolute Gasteiger partial charge is 0.306 e. The Bertz CT molecular complexity index is 957. The van der Waals surface area contributed by atoms with Gasteiger partial charge in [-0.1, -0.05) is 60.7 Å². The highest BCUT2D eigenvalue weighted by Gasteiger charge is 2.39. The van der Waals surface area contributed by atoms with Crippen LogP contribution in [0.1, 0.15) is 30.4 Å². The van der Waals surface area contributed by atoms with Crippen molar-refractivity contribution in [1.29, 1.82) is 0 Å². The molecule has 1 saturated carbocycles. The normalized spacial score (nSPS) is 20.9. The van der Waals surface area contributed by atoms with Gasteiger partial charge in [-0.15, -0.1) is 0 Å². The molecule has 2 aromatic rings. The van der Waals surface area contributed by atoms with Crippen LogP contribution in [0.25, 0.3) is 0 Å². The van der Waals surface area contributed by atoms with E-state index in [-0.39, 0.29) is 31.6 Å². The molecule has 0 radical (unpaired) electrons. The second kappa shape index (κ2) is 11.3. The fraction of sp³-hybridized carbons (Fsp3) is 0.360. The van der Waals surface area contributed by atoms with Crippen LogP contribution in [-0.2, 0) is 32.1 Å². The zero-order valence-corrected chi connectivity index (χ0v) is 18.1. The van der Waals surface area contributed by atoms with E-state index in [0.29, 0.717) is 6.54 Å². The summed E-state index contributed by atoms with van der Waals surface area (Å²) in [6, 6.07) is 17.7. The van der Waals surface area contributed by atoms with E-state index in [4.69, 9.17) is 0 Å². The zero-order valence-electron chi connectivity index (χ0n) is 18.1. The lowest BCUT2D eigenvalue weighted by Gasteiger charge is -2.31. The van der Waals surface area contributed by atoms with Crippen LogP contribution in [0.15, 0.2) is 60.7 Å². The Morgan fingerprint density at radius 3 is 1.76 bits per heavy atom. The molecule has 1 aliphatic carbocycles. The SMILES string of the molecule is O=C(O)[C@@H]1C[C@H](C(=O)O)C[C@H](C(=O)N[C@@H](Cc2ccccc2)C(=O)NCc2ccccc2)C1. The lowest BCUT2D eigenvalue weighted by atomic mass is 9.74. The Balaban J connectivity index is 1.72. The van der Waals surface area contributed by atoms with Crippen LogP contribution < -0.4 is 10.6 Å². The number of nitrogens with one attached hydrogen (secondary N) is 2. The molecule has 1 aliphatic rings. The van der Waals surface area contributed by atoms with E-state index in [1.807, 2.05) is 60.7 Å². The maximum Gasteiger partial charge on any atom is 0.306 e. The van der Waals surface area contributed by atoms with Crippen LogP contribution in [0.3, 0.4) is 0 Å². The number of carboxylic acid groups (broad SMARTS) is 2. The number of carbonyl (C=O) groups is 4. The first-order valence-electron chi connectivity index (χ1n) is 10.9. The first kappa shape index (κ1) is 24.0. The summed E-state index contributed by atoms with van der Waals surface area (Å²) in [5.41, 5.74) is 1.77. The van der Waals surface area contributed by atoms with E-state index < -0.39 is 41.6 Å². The highest BCUT2D eigenvalue weighted by molar-refractivity contribution is 5.89. The molecule has 33 heavy (non-hydrogen) atoms. The predicted octanol–water partition coefficient (Wildman–Crippen LogP) is 2.23. The van der Waals surface area contributed by atoms with Gasteiger partial charge in [0.1, 0.15) is 6.04 Å². The fourth-order valence-electron chi connectivity index (χ4n) is 4.19. The first-order valence-corrected chi connectivity index (χ1v) is 10.9. The Morgan fingerprint density at radius 1 is 0.758 bits per heavy atom. The van der Waals surface area contributed by atoms with E-state index in [9.17, 15) is 29.4 Å². The number of carboxylic acids is 2. The summed E-state index contributed by atoms with van der Waals surface area (Å²) in [7, 11) is 0. The van der Waals surface area contributed by atoms with Crippen molar-refractivity contribution in [2.45, 2.75) is 38.3 Å². The molecule has 0 aliphatic heterocycles. The quantitative estimate of drug-likeness (QED) is 0.461. The molecular formula is C25H28N2O6. The van der Waals surface area contributed by atoms with Crippen LogP contribution >= 0.6 is 0 Å². The largest absolute Gasteiger partial charge is 0.481 e. The molecule has 0 saturated heterocycles. The molecule has 8 heteroatoms. The van der Waals surface area contributed by atoms with E-state index in [0.717, 1.165) is 11.1 Å².